The zero-order valence-electron chi connectivity index (χ0n) is 11.2. The van der Waals surface area contributed by atoms with Crippen LogP contribution in [0.1, 0.15) is 19.1 Å². The second-order valence-electron chi connectivity index (χ2n) is 4.18. The highest BCUT2D eigenvalue weighted by atomic mass is 79.9. The summed E-state index contributed by atoms with van der Waals surface area (Å²) in [5.74, 6) is 0.555. The number of ether oxygens (including phenoxy) is 1. The number of furan rings is 1. The summed E-state index contributed by atoms with van der Waals surface area (Å²) in [5.41, 5.74) is 0. The third-order valence-corrected chi connectivity index (χ3v) is 4.90. The fourth-order valence-electron chi connectivity index (χ4n) is 1.52. The minimum Gasteiger partial charge on any atom is -0.452 e. The van der Waals surface area contributed by atoms with Gasteiger partial charge in [-0.05, 0) is 36.3 Å². The van der Waals surface area contributed by atoms with Gasteiger partial charge in [0, 0.05) is 25.8 Å². The first-order chi connectivity index (χ1) is 8.90. The van der Waals surface area contributed by atoms with E-state index in [4.69, 9.17) is 9.15 Å². The van der Waals surface area contributed by atoms with Gasteiger partial charge in [0.25, 0.3) is 0 Å². The fraction of sp³-hybridized carbons (Fsp3) is 0.636. The zero-order valence-corrected chi connectivity index (χ0v) is 13.6. The summed E-state index contributed by atoms with van der Waals surface area (Å²) < 4.78 is 37.4. The minimum atomic E-state index is -3.59. The molecular weight excluding hydrogens is 336 g/mol. The fourth-order valence-corrected chi connectivity index (χ4v) is 3.80. The SMILES string of the molecule is CNCc1cc(S(=O)(=O)NC(C)CCOC)c(Br)o1. The molecule has 0 saturated carbocycles. The molecule has 0 aliphatic heterocycles. The normalized spacial score (nSPS) is 13.7. The highest BCUT2D eigenvalue weighted by Crippen LogP contribution is 2.26. The maximum absolute atomic E-state index is 12.2. The van der Waals surface area contributed by atoms with Gasteiger partial charge in [0.1, 0.15) is 10.7 Å². The average Bonchev–Trinajstić information content (AvgIpc) is 2.68. The molecule has 1 rings (SSSR count). The van der Waals surface area contributed by atoms with Gasteiger partial charge in [-0.1, -0.05) is 0 Å². The van der Waals surface area contributed by atoms with Gasteiger partial charge in [0.05, 0.1) is 6.54 Å². The molecule has 0 aromatic carbocycles. The van der Waals surface area contributed by atoms with Gasteiger partial charge < -0.3 is 14.5 Å². The molecule has 0 aliphatic carbocycles. The van der Waals surface area contributed by atoms with Crippen LogP contribution in [-0.2, 0) is 21.3 Å². The first kappa shape index (κ1) is 16.6. The van der Waals surface area contributed by atoms with Crippen molar-refractivity contribution in [3.05, 3.63) is 16.5 Å². The molecule has 1 aromatic heterocycles. The highest BCUT2D eigenvalue weighted by Gasteiger charge is 2.24. The highest BCUT2D eigenvalue weighted by molar-refractivity contribution is 9.10. The van der Waals surface area contributed by atoms with Crippen molar-refractivity contribution < 1.29 is 17.6 Å². The van der Waals surface area contributed by atoms with Gasteiger partial charge >= 0.3 is 0 Å². The Bertz CT molecular complexity index is 501. The molecule has 0 saturated heterocycles. The van der Waals surface area contributed by atoms with E-state index in [-0.39, 0.29) is 15.6 Å². The van der Waals surface area contributed by atoms with E-state index in [0.717, 1.165) is 0 Å². The smallest absolute Gasteiger partial charge is 0.245 e. The van der Waals surface area contributed by atoms with Crippen molar-refractivity contribution in [1.82, 2.24) is 10.0 Å². The van der Waals surface area contributed by atoms with Crippen LogP contribution in [0.5, 0.6) is 0 Å². The first-order valence-electron chi connectivity index (χ1n) is 5.84. The Morgan fingerprint density at radius 1 is 1.53 bits per heavy atom. The van der Waals surface area contributed by atoms with Crippen LogP contribution in [-0.4, -0.2) is 35.2 Å². The summed E-state index contributed by atoms with van der Waals surface area (Å²) in [4.78, 5) is 0.113. The molecule has 19 heavy (non-hydrogen) atoms. The molecule has 0 spiro atoms. The molecule has 110 valence electrons. The minimum absolute atomic E-state index is 0.113. The molecule has 0 radical (unpaired) electrons. The van der Waals surface area contributed by atoms with Gasteiger partial charge in [-0.25, -0.2) is 13.1 Å². The second-order valence-corrected chi connectivity index (χ2v) is 6.59. The van der Waals surface area contributed by atoms with Crippen molar-refractivity contribution in [2.45, 2.75) is 30.8 Å². The standard InChI is InChI=1S/C11H19BrN2O4S/c1-8(4-5-17-3)14-19(15,16)10-6-9(7-13-2)18-11(10)12/h6,8,13-14H,4-5,7H2,1-3H3. The molecule has 6 nitrogen and oxygen atoms in total. The molecule has 1 atom stereocenters. The number of methoxy groups -OCH3 is 1. The lowest BCUT2D eigenvalue weighted by Crippen LogP contribution is -2.33. The third kappa shape index (κ3) is 4.88. The largest absolute Gasteiger partial charge is 0.452 e. The topological polar surface area (TPSA) is 80.6 Å². The summed E-state index contributed by atoms with van der Waals surface area (Å²) in [6, 6.07) is 1.30. The number of hydrogen-bond donors (Lipinski definition) is 2. The number of hydrogen-bond acceptors (Lipinski definition) is 5. The molecule has 0 fully saturated rings. The summed E-state index contributed by atoms with van der Waals surface area (Å²) >= 11 is 3.13. The molecule has 2 N–H and O–H groups in total. The Kier molecular flexibility index (Phi) is 6.48. The van der Waals surface area contributed by atoms with Crippen molar-refractivity contribution >= 4 is 26.0 Å². The average molecular weight is 355 g/mol. The monoisotopic (exact) mass is 354 g/mol. The van der Waals surface area contributed by atoms with E-state index in [9.17, 15) is 8.42 Å². The van der Waals surface area contributed by atoms with E-state index in [0.29, 0.717) is 25.3 Å². The van der Waals surface area contributed by atoms with Gasteiger partial charge in [-0.3, -0.25) is 0 Å². The van der Waals surface area contributed by atoms with Crippen LogP contribution in [0.3, 0.4) is 0 Å². The van der Waals surface area contributed by atoms with E-state index in [1.165, 1.54) is 6.07 Å². The van der Waals surface area contributed by atoms with E-state index in [2.05, 4.69) is 26.0 Å². The Morgan fingerprint density at radius 2 is 2.21 bits per heavy atom. The van der Waals surface area contributed by atoms with Crippen LogP contribution in [0.4, 0.5) is 0 Å². The lowest BCUT2D eigenvalue weighted by Gasteiger charge is -2.12. The van der Waals surface area contributed by atoms with Crippen molar-refractivity contribution in [2.75, 3.05) is 20.8 Å². The lowest BCUT2D eigenvalue weighted by atomic mass is 10.3. The van der Waals surface area contributed by atoms with Crippen LogP contribution >= 0.6 is 15.9 Å². The summed E-state index contributed by atoms with van der Waals surface area (Å²) in [7, 11) is -0.251. The molecular formula is C11H19BrN2O4S. The Hall–Kier alpha value is -0.410. The molecule has 1 unspecified atom stereocenters. The van der Waals surface area contributed by atoms with Crippen LogP contribution < -0.4 is 10.0 Å². The molecule has 0 aliphatic rings. The lowest BCUT2D eigenvalue weighted by molar-refractivity contribution is 0.188. The van der Waals surface area contributed by atoms with Crippen LogP contribution in [0, 0.1) is 0 Å². The number of nitrogens with one attached hydrogen (secondary N) is 2. The molecule has 1 heterocycles. The quantitative estimate of drug-likeness (QED) is 0.738. The van der Waals surface area contributed by atoms with E-state index < -0.39 is 10.0 Å². The van der Waals surface area contributed by atoms with Gasteiger partial charge in [0.2, 0.25) is 10.0 Å². The van der Waals surface area contributed by atoms with Gasteiger partial charge in [0.15, 0.2) is 4.67 Å². The summed E-state index contributed by atoms with van der Waals surface area (Å²) in [5, 5.41) is 2.90. The van der Waals surface area contributed by atoms with Crippen LogP contribution in [0.25, 0.3) is 0 Å². The molecule has 0 bridgehead atoms. The van der Waals surface area contributed by atoms with Crippen molar-refractivity contribution in [3.63, 3.8) is 0 Å². The molecule has 1 aromatic rings. The van der Waals surface area contributed by atoms with Gasteiger partial charge in [-0.2, -0.15) is 0 Å². The zero-order chi connectivity index (χ0) is 14.5. The maximum Gasteiger partial charge on any atom is 0.245 e. The van der Waals surface area contributed by atoms with E-state index in [1.54, 1.807) is 21.1 Å². The number of halogens is 1. The summed E-state index contributed by atoms with van der Waals surface area (Å²) in [6.07, 6.45) is 0.606. The van der Waals surface area contributed by atoms with Crippen molar-refractivity contribution in [1.29, 1.82) is 0 Å². The maximum atomic E-state index is 12.2. The predicted molar refractivity (Wildman–Crippen MR) is 75.4 cm³/mol. The van der Waals surface area contributed by atoms with E-state index >= 15 is 0 Å². The first-order valence-corrected chi connectivity index (χ1v) is 8.12. The Balaban J connectivity index is 2.82. The van der Waals surface area contributed by atoms with E-state index in [1.807, 2.05) is 0 Å². The number of sulfonamides is 1. The van der Waals surface area contributed by atoms with Crippen LogP contribution in [0.2, 0.25) is 0 Å². The Morgan fingerprint density at radius 3 is 2.79 bits per heavy atom. The Labute approximate surface area is 122 Å². The van der Waals surface area contributed by atoms with Crippen LogP contribution in [0.15, 0.2) is 20.0 Å². The molecule has 8 heteroatoms. The third-order valence-electron chi connectivity index (χ3n) is 2.46. The summed E-state index contributed by atoms with van der Waals surface area (Å²) in [6.45, 7) is 2.76. The number of rotatable bonds is 8. The predicted octanol–water partition coefficient (Wildman–Crippen LogP) is 1.46. The second kappa shape index (κ2) is 7.39. The van der Waals surface area contributed by atoms with Gasteiger partial charge in [-0.15, -0.1) is 0 Å². The van der Waals surface area contributed by atoms with Crippen molar-refractivity contribution in [3.8, 4) is 0 Å². The molecule has 0 amide bonds. The van der Waals surface area contributed by atoms with Crippen molar-refractivity contribution in [2.24, 2.45) is 0 Å².